The number of rotatable bonds is 7. The van der Waals surface area contributed by atoms with Gasteiger partial charge in [0, 0.05) is 19.1 Å². The normalized spacial score (nSPS) is 16.7. The van der Waals surface area contributed by atoms with Crippen molar-refractivity contribution in [2.45, 2.75) is 12.5 Å². The van der Waals surface area contributed by atoms with Crippen LogP contribution in [0.1, 0.15) is 6.42 Å². The predicted octanol–water partition coefficient (Wildman–Crippen LogP) is 1.40. The Hall–Kier alpha value is -2.56. The molecule has 1 unspecified atom stereocenters. The van der Waals surface area contributed by atoms with Gasteiger partial charge in [0.1, 0.15) is 0 Å². The summed E-state index contributed by atoms with van der Waals surface area (Å²) in [6.07, 6.45) is 1.02. The van der Waals surface area contributed by atoms with E-state index in [1.54, 1.807) is 11.3 Å². The van der Waals surface area contributed by atoms with Gasteiger partial charge in [-0.2, -0.15) is 15.0 Å². The van der Waals surface area contributed by atoms with Crippen LogP contribution in [0.25, 0.3) is 10.2 Å². The molecule has 1 saturated heterocycles. The molecule has 3 heterocycles. The Morgan fingerprint density at radius 3 is 2.77 bits per heavy atom. The Bertz CT molecular complexity index is 847. The molecule has 10 heteroatoms. The van der Waals surface area contributed by atoms with Crippen LogP contribution in [0.4, 0.5) is 23.0 Å². The fraction of sp³-hybridized carbons (Fsp3) is 0.375. The van der Waals surface area contributed by atoms with E-state index in [0.717, 1.165) is 34.9 Å². The average molecular weight is 372 g/mol. The highest BCUT2D eigenvalue weighted by atomic mass is 32.1. The predicted molar refractivity (Wildman–Crippen MR) is 103 cm³/mol. The van der Waals surface area contributed by atoms with E-state index in [1.165, 1.54) is 0 Å². The number of aliphatic hydroxyl groups excluding tert-OH is 1. The summed E-state index contributed by atoms with van der Waals surface area (Å²) < 4.78 is 1.10. The first-order valence-electron chi connectivity index (χ1n) is 8.51. The van der Waals surface area contributed by atoms with Gasteiger partial charge in [-0.3, -0.25) is 5.32 Å². The van der Waals surface area contributed by atoms with Crippen molar-refractivity contribution >= 4 is 44.5 Å². The van der Waals surface area contributed by atoms with Crippen molar-refractivity contribution in [1.29, 1.82) is 0 Å². The van der Waals surface area contributed by atoms with Crippen LogP contribution in [0.15, 0.2) is 24.3 Å². The zero-order valence-electron chi connectivity index (χ0n) is 14.1. The first kappa shape index (κ1) is 16.9. The number of thiazole rings is 1. The third-order valence-corrected chi connectivity index (χ3v) is 4.89. The summed E-state index contributed by atoms with van der Waals surface area (Å²) >= 11 is 1.54. The number of benzene rings is 1. The third kappa shape index (κ3) is 3.98. The van der Waals surface area contributed by atoms with Crippen molar-refractivity contribution < 1.29 is 5.11 Å². The van der Waals surface area contributed by atoms with Gasteiger partial charge < -0.3 is 21.1 Å². The Labute approximate surface area is 154 Å². The number of hydrogen-bond acceptors (Lipinski definition) is 10. The number of anilines is 4. The van der Waals surface area contributed by atoms with Crippen molar-refractivity contribution in [3.8, 4) is 0 Å². The molecule has 1 aliphatic heterocycles. The minimum Gasteiger partial charge on any atom is -0.395 e. The summed E-state index contributed by atoms with van der Waals surface area (Å²) in [5, 5.41) is 22.5. The van der Waals surface area contributed by atoms with Crippen LogP contribution >= 0.6 is 11.3 Å². The van der Waals surface area contributed by atoms with Crippen molar-refractivity contribution in [2.24, 2.45) is 0 Å². The molecule has 0 amide bonds. The Kier molecular flexibility index (Phi) is 5.04. The molecule has 0 spiro atoms. The number of fused-ring (bicyclic) bond motifs is 1. The quantitative estimate of drug-likeness (QED) is 0.419. The summed E-state index contributed by atoms with van der Waals surface area (Å²) in [5.74, 6) is 1.32. The van der Waals surface area contributed by atoms with E-state index < -0.39 is 0 Å². The lowest BCUT2D eigenvalue weighted by atomic mass is 10.3. The minimum atomic E-state index is 0.00161. The molecule has 1 atom stereocenters. The number of nitrogens with one attached hydrogen (secondary N) is 4. The molecule has 0 saturated carbocycles. The van der Waals surface area contributed by atoms with Crippen LogP contribution in [-0.4, -0.2) is 57.3 Å². The molecular weight excluding hydrogens is 352 g/mol. The Balaban J connectivity index is 1.57. The zero-order chi connectivity index (χ0) is 17.8. The smallest absolute Gasteiger partial charge is 0.235 e. The second-order valence-electron chi connectivity index (χ2n) is 5.90. The van der Waals surface area contributed by atoms with Gasteiger partial charge in [-0.25, -0.2) is 4.98 Å². The van der Waals surface area contributed by atoms with Gasteiger partial charge in [-0.15, -0.1) is 0 Å². The van der Waals surface area contributed by atoms with Crippen molar-refractivity contribution in [3.05, 3.63) is 24.3 Å². The summed E-state index contributed by atoms with van der Waals surface area (Å²) in [5.41, 5.74) is 0.933. The second kappa shape index (κ2) is 7.77. The lowest BCUT2D eigenvalue weighted by molar-refractivity contribution is 0.311. The number of aromatic nitrogens is 4. The van der Waals surface area contributed by atoms with Crippen LogP contribution in [0.3, 0.4) is 0 Å². The Morgan fingerprint density at radius 2 is 1.96 bits per heavy atom. The van der Waals surface area contributed by atoms with E-state index in [0.29, 0.717) is 30.4 Å². The molecule has 0 aliphatic carbocycles. The van der Waals surface area contributed by atoms with Crippen LogP contribution in [0.5, 0.6) is 0 Å². The average Bonchev–Trinajstić information content (AvgIpc) is 3.28. The van der Waals surface area contributed by atoms with Crippen molar-refractivity contribution in [3.63, 3.8) is 0 Å². The maximum absolute atomic E-state index is 9.03. The number of para-hydroxylation sites is 1. The van der Waals surface area contributed by atoms with Gasteiger partial charge in [0.05, 0.1) is 16.8 Å². The first-order chi connectivity index (χ1) is 12.8. The molecule has 1 fully saturated rings. The van der Waals surface area contributed by atoms with Gasteiger partial charge in [-0.1, -0.05) is 23.5 Å². The molecule has 5 N–H and O–H groups in total. The molecular formula is C16H20N8OS. The highest BCUT2D eigenvalue weighted by molar-refractivity contribution is 7.22. The van der Waals surface area contributed by atoms with Gasteiger partial charge in [0.25, 0.3) is 0 Å². The fourth-order valence-corrected chi connectivity index (χ4v) is 3.58. The summed E-state index contributed by atoms with van der Waals surface area (Å²) in [6, 6.07) is 8.24. The maximum atomic E-state index is 9.03. The highest BCUT2D eigenvalue weighted by Gasteiger charge is 2.17. The maximum Gasteiger partial charge on any atom is 0.235 e. The molecule has 136 valence electrons. The lowest BCUT2D eigenvalue weighted by Gasteiger charge is -2.13. The minimum absolute atomic E-state index is 0.00161. The van der Waals surface area contributed by atoms with Crippen LogP contribution < -0.4 is 21.3 Å². The molecule has 1 aromatic carbocycles. The standard InChI is InChI=1S/C16H20N8OS/c25-8-7-18-13-21-14(19-10-5-6-17-9-10)23-15(22-13)24-16-20-11-3-1-2-4-12(11)26-16/h1-4,10,17,25H,5-9H2,(H3,18,19,20,21,22,23,24). The van der Waals surface area contributed by atoms with Gasteiger partial charge in [0.2, 0.25) is 17.8 Å². The van der Waals surface area contributed by atoms with E-state index in [2.05, 4.69) is 41.2 Å². The largest absolute Gasteiger partial charge is 0.395 e. The summed E-state index contributed by atoms with van der Waals surface area (Å²) in [6.45, 7) is 2.23. The van der Waals surface area contributed by atoms with Crippen LogP contribution in [0.2, 0.25) is 0 Å². The van der Waals surface area contributed by atoms with E-state index in [9.17, 15) is 0 Å². The molecule has 1 aliphatic rings. The van der Waals surface area contributed by atoms with E-state index in [1.807, 2.05) is 24.3 Å². The molecule has 2 aromatic heterocycles. The van der Waals surface area contributed by atoms with Crippen molar-refractivity contribution in [1.82, 2.24) is 25.3 Å². The topological polar surface area (TPSA) is 120 Å². The molecule has 0 bridgehead atoms. The van der Waals surface area contributed by atoms with Gasteiger partial charge >= 0.3 is 0 Å². The lowest BCUT2D eigenvalue weighted by Crippen LogP contribution is -2.24. The molecule has 3 aromatic rings. The number of nitrogens with zero attached hydrogens (tertiary/aromatic N) is 4. The SMILES string of the molecule is OCCNc1nc(Nc2nc3ccccc3s2)nc(NC2CCNC2)n1. The van der Waals surface area contributed by atoms with Crippen molar-refractivity contribution in [2.75, 3.05) is 42.2 Å². The first-order valence-corrected chi connectivity index (χ1v) is 9.32. The molecule has 9 nitrogen and oxygen atoms in total. The van der Waals surface area contributed by atoms with Gasteiger partial charge in [-0.05, 0) is 25.1 Å². The van der Waals surface area contributed by atoms with Crippen LogP contribution in [-0.2, 0) is 0 Å². The number of hydrogen-bond donors (Lipinski definition) is 5. The monoisotopic (exact) mass is 372 g/mol. The summed E-state index contributed by atoms with van der Waals surface area (Å²) in [7, 11) is 0. The van der Waals surface area contributed by atoms with E-state index in [-0.39, 0.29) is 6.61 Å². The van der Waals surface area contributed by atoms with Crippen LogP contribution in [0, 0.1) is 0 Å². The number of aliphatic hydroxyl groups is 1. The highest BCUT2D eigenvalue weighted by Crippen LogP contribution is 2.27. The van der Waals surface area contributed by atoms with E-state index >= 15 is 0 Å². The molecule has 26 heavy (non-hydrogen) atoms. The van der Waals surface area contributed by atoms with Gasteiger partial charge in [0.15, 0.2) is 5.13 Å². The van der Waals surface area contributed by atoms with E-state index in [4.69, 9.17) is 5.11 Å². The molecule has 4 rings (SSSR count). The summed E-state index contributed by atoms with van der Waals surface area (Å²) in [4.78, 5) is 17.8. The Morgan fingerprint density at radius 1 is 1.12 bits per heavy atom. The third-order valence-electron chi connectivity index (χ3n) is 3.94. The fourth-order valence-electron chi connectivity index (χ4n) is 2.72. The zero-order valence-corrected chi connectivity index (χ0v) is 14.9. The molecule has 0 radical (unpaired) electrons. The second-order valence-corrected chi connectivity index (χ2v) is 6.93.